The average molecular weight is 265 g/mol. The first-order chi connectivity index (χ1) is 8.81. The second-order valence-corrected chi connectivity index (χ2v) is 5.21. The molecule has 0 unspecified atom stereocenters. The monoisotopic (exact) mass is 265 g/mol. The minimum absolute atomic E-state index is 0.678. The fraction of sp³-hybridized carbons (Fsp3) is 0.462. The van der Waals surface area contributed by atoms with Crippen molar-refractivity contribution in [2.75, 3.05) is 13.2 Å². The first kappa shape index (κ1) is 13.1. The van der Waals surface area contributed by atoms with E-state index in [0.717, 1.165) is 25.4 Å². The molecule has 4 nitrogen and oxygen atoms in total. The summed E-state index contributed by atoms with van der Waals surface area (Å²) in [5.74, 6) is 0.835. The van der Waals surface area contributed by atoms with Crippen LogP contribution in [-0.4, -0.2) is 22.9 Å². The largest absolute Gasteiger partial charge is 0.491 e. The van der Waals surface area contributed by atoms with Crippen LogP contribution in [-0.2, 0) is 13.1 Å². The second-order valence-electron chi connectivity index (χ2n) is 3.95. The van der Waals surface area contributed by atoms with Crippen molar-refractivity contribution in [3.63, 3.8) is 0 Å². The third-order valence-electron chi connectivity index (χ3n) is 2.50. The summed E-state index contributed by atoms with van der Waals surface area (Å²) >= 11 is 1.83. The summed E-state index contributed by atoms with van der Waals surface area (Å²) in [6, 6.07) is 4.34. The normalized spacial score (nSPS) is 10.8. The zero-order valence-corrected chi connectivity index (χ0v) is 11.7. The summed E-state index contributed by atoms with van der Waals surface area (Å²) in [7, 11) is 0. The molecule has 0 aliphatic carbocycles. The molecular weight excluding hydrogens is 246 g/mol. The summed E-state index contributed by atoms with van der Waals surface area (Å²) in [5.41, 5.74) is 0. The zero-order valence-electron chi connectivity index (χ0n) is 10.8. The predicted molar refractivity (Wildman–Crippen MR) is 74.2 cm³/mol. The van der Waals surface area contributed by atoms with Gasteiger partial charge in [0.05, 0.1) is 25.5 Å². The highest BCUT2D eigenvalue weighted by molar-refractivity contribution is 7.11. The van der Waals surface area contributed by atoms with Gasteiger partial charge in [0, 0.05) is 16.3 Å². The van der Waals surface area contributed by atoms with E-state index in [9.17, 15) is 0 Å². The molecule has 1 N–H and O–H groups in total. The van der Waals surface area contributed by atoms with Crippen LogP contribution in [0.1, 0.15) is 23.6 Å². The Morgan fingerprint density at radius 3 is 2.94 bits per heavy atom. The van der Waals surface area contributed by atoms with E-state index in [1.807, 2.05) is 29.1 Å². The predicted octanol–water partition coefficient (Wildman–Crippen LogP) is 2.50. The molecule has 0 amide bonds. The molecule has 18 heavy (non-hydrogen) atoms. The Morgan fingerprint density at radius 2 is 2.17 bits per heavy atom. The van der Waals surface area contributed by atoms with Crippen molar-refractivity contribution in [2.45, 2.75) is 26.9 Å². The van der Waals surface area contributed by atoms with Gasteiger partial charge in [0.2, 0.25) is 0 Å². The molecule has 2 aromatic heterocycles. The number of nitrogens with zero attached hydrogens (tertiary/aromatic N) is 2. The van der Waals surface area contributed by atoms with Gasteiger partial charge in [-0.25, -0.2) is 0 Å². The summed E-state index contributed by atoms with van der Waals surface area (Å²) in [6.07, 6.45) is 3.70. The fourth-order valence-electron chi connectivity index (χ4n) is 1.68. The van der Waals surface area contributed by atoms with E-state index >= 15 is 0 Å². The lowest BCUT2D eigenvalue weighted by Gasteiger charge is -1.99. The van der Waals surface area contributed by atoms with Crippen molar-refractivity contribution in [3.8, 4) is 5.75 Å². The van der Waals surface area contributed by atoms with Crippen molar-refractivity contribution in [1.82, 2.24) is 15.1 Å². The van der Waals surface area contributed by atoms with Gasteiger partial charge in [0.15, 0.2) is 5.75 Å². The smallest absolute Gasteiger partial charge is 0.157 e. The Kier molecular flexibility index (Phi) is 4.78. The minimum Gasteiger partial charge on any atom is -0.491 e. The Labute approximate surface area is 112 Å². The van der Waals surface area contributed by atoms with Crippen molar-refractivity contribution in [3.05, 3.63) is 34.3 Å². The number of thiophene rings is 1. The number of hydrogen-bond donors (Lipinski definition) is 1. The van der Waals surface area contributed by atoms with Crippen LogP contribution in [0, 0.1) is 0 Å². The van der Waals surface area contributed by atoms with Gasteiger partial charge in [-0.05, 0) is 25.6 Å². The lowest BCUT2D eigenvalue weighted by Crippen LogP contribution is -2.10. The van der Waals surface area contributed by atoms with E-state index in [1.54, 1.807) is 6.20 Å². The molecule has 0 saturated carbocycles. The summed E-state index contributed by atoms with van der Waals surface area (Å²) in [5, 5.41) is 7.61. The third kappa shape index (κ3) is 3.58. The van der Waals surface area contributed by atoms with Crippen LogP contribution in [0.2, 0.25) is 0 Å². The minimum atomic E-state index is 0.678. The molecule has 0 radical (unpaired) electrons. The first-order valence-corrected chi connectivity index (χ1v) is 7.07. The third-order valence-corrected chi connectivity index (χ3v) is 3.57. The van der Waals surface area contributed by atoms with Crippen LogP contribution in [0.3, 0.4) is 0 Å². The summed E-state index contributed by atoms with van der Waals surface area (Å²) in [4.78, 5) is 2.68. The highest BCUT2D eigenvalue weighted by Crippen LogP contribution is 2.18. The fourth-order valence-corrected chi connectivity index (χ4v) is 2.66. The number of rotatable bonds is 7. The maximum absolute atomic E-state index is 5.39. The Hall–Kier alpha value is -1.33. The van der Waals surface area contributed by atoms with Gasteiger partial charge in [-0.1, -0.05) is 6.92 Å². The van der Waals surface area contributed by atoms with Gasteiger partial charge < -0.3 is 10.1 Å². The van der Waals surface area contributed by atoms with Crippen LogP contribution in [0.4, 0.5) is 0 Å². The molecule has 0 fully saturated rings. The maximum atomic E-state index is 5.39. The summed E-state index contributed by atoms with van der Waals surface area (Å²) in [6.45, 7) is 7.53. The van der Waals surface area contributed by atoms with Crippen LogP contribution < -0.4 is 10.1 Å². The molecule has 0 bridgehead atoms. The number of ether oxygens (including phenoxy) is 1. The van der Waals surface area contributed by atoms with Crippen molar-refractivity contribution in [1.29, 1.82) is 0 Å². The molecule has 2 heterocycles. The van der Waals surface area contributed by atoms with E-state index < -0.39 is 0 Å². The summed E-state index contributed by atoms with van der Waals surface area (Å²) < 4.78 is 7.30. The molecule has 0 aliphatic heterocycles. The number of nitrogens with one attached hydrogen (secondary N) is 1. The molecule has 5 heteroatoms. The molecule has 0 spiro atoms. The highest BCUT2D eigenvalue weighted by atomic mass is 32.1. The van der Waals surface area contributed by atoms with Crippen molar-refractivity contribution < 1.29 is 4.74 Å². The SMILES string of the molecule is CCNCc1ccc(Cn2cc(OCC)cn2)s1. The molecule has 0 saturated heterocycles. The highest BCUT2D eigenvalue weighted by Gasteiger charge is 2.03. The van der Waals surface area contributed by atoms with Crippen molar-refractivity contribution in [2.24, 2.45) is 0 Å². The van der Waals surface area contributed by atoms with Crippen molar-refractivity contribution >= 4 is 11.3 Å². The van der Waals surface area contributed by atoms with Gasteiger partial charge in [-0.3, -0.25) is 4.68 Å². The Balaban J connectivity index is 1.93. The lowest BCUT2D eigenvalue weighted by atomic mass is 10.4. The van der Waals surface area contributed by atoms with Crippen LogP contribution in [0.25, 0.3) is 0 Å². The Morgan fingerprint density at radius 1 is 1.33 bits per heavy atom. The van der Waals surface area contributed by atoms with Gasteiger partial charge in [-0.15, -0.1) is 11.3 Å². The molecule has 2 aromatic rings. The maximum Gasteiger partial charge on any atom is 0.157 e. The van der Waals surface area contributed by atoms with Crippen LogP contribution in [0.5, 0.6) is 5.75 Å². The van der Waals surface area contributed by atoms with E-state index in [1.165, 1.54) is 9.75 Å². The number of hydrogen-bond acceptors (Lipinski definition) is 4. The molecule has 2 rings (SSSR count). The molecule has 0 aliphatic rings. The lowest BCUT2D eigenvalue weighted by molar-refractivity contribution is 0.340. The second kappa shape index (κ2) is 6.56. The Bertz CT molecular complexity index is 478. The van der Waals surface area contributed by atoms with Gasteiger partial charge in [-0.2, -0.15) is 5.10 Å². The standard InChI is InChI=1S/C13H19N3OS/c1-3-14-8-12-5-6-13(18-12)10-16-9-11(7-15-16)17-4-2/h5-7,9,14H,3-4,8,10H2,1-2H3. The van der Waals surface area contributed by atoms with Gasteiger partial charge in [0.1, 0.15) is 0 Å². The number of aromatic nitrogens is 2. The van der Waals surface area contributed by atoms with E-state index in [4.69, 9.17) is 4.74 Å². The van der Waals surface area contributed by atoms with Gasteiger partial charge in [0.25, 0.3) is 0 Å². The van der Waals surface area contributed by atoms with Gasteiger partial charge >= 0.3 is 0 Å². The zero-order chi connectivity index (χ0) is 12.8. The van der Waals surface area contributed by atoms with Crippen LogP contribution >= 0.6 is 11.3 Å². The molecule has 0 aromatic carbocycles. The van der Waals surface area contributed by atoms with E-state index in [-0.39, 0.29) is 0 Å². The molecule has 98 valence electrons. The molecular formula is C13H19N3OS. The quantitative estimate of drug-likeness (QED) is 0.836. The molecule has 0 atom stereocenters. The van der Waals surface area contributed by atoms with E-state index in [0.29, 0.717) is 6.61 Å². The topological polar surface area (TPSA) is 39.1 Å². The first-order valence-electron chi connectivity index (χ1n) is 6.25. The average Bonchev–Trinajstić information content (AvgIpc) is 2.98. The van der Waals surface area contributed by atoms with Crippen LogP contribution in [0.15, 0.2) is 24.5 Å². The van der Waals surface area contributed by atoms with E-state index in [2.05, 4.69) is 29.5 Å².